The van der Waals surface area contributed by atoms with Crippen molar-refractivity contribution in [3.63, 3.8) is 0 Å². The fourth-order valence-corrected chi connectivity index (χ4v) is 0.915. The minimum Gasteiger partial charge on any atom is -0.198 e. The Bertz CT molecular complexity index is 197. The van der Waals surface area contributed by atoms with E-state index in [-0.39, 0.29) is 0 Å². The highest BCUT2D eigenvalue weighted by molar-refractivity contribution is 4.68. The highest BCUT2D eigenvalue weighted by atomic mass is 15.1. The van der Waals surface area contributed by atoms with Crippen molar-refractivity contribution in [2.75, 3.05) is 13.1 Å². The highest BCUT2D eigenvalue weighted by Crippen LogP contribution is 1.96. The van der Waals surface area contributed by atoms with Crippen LogP contribution in [0.1, 0.15) is 38.5 Å². The molecule has 0 heterocycles. The van der Waals surface area contributed by atoms with Crippen LogP contribution in [0.3, 0.4) is 0 Å². The van der Waals surface area contributed by atoms with E-state index in [0.717, 1.165) is 38.8 Å². The van der Waals surface area contributed by atoms with Crippen molar-refractivity contribution in [1.29, 1.82) is 10.5 Å². The zero-order valence-electron chi connectivity index (χ0n) is 8.45. The van der Waals surface area contributed by atoms with Crippen LogP contribution in [0.4, 0.5) is 0 Å². The molecule has 0 saturated carbocycles. The molecule has 4 heteroatoms. The van der Waals surface area contributed by atoms with Gasteiger partial charge in [0.05, 0.1) is 25.2 Å². The lowest BCUT2D eigenvalue weighted by Crippen LogP contribution is -1.83. The molecule has 0 spiro atoms. The standard InChI is InChI=1S/C10H16N4/c11-7-3-1-5-9-13-14-10-6-2-4-8-12/h1-6,9-10H2. The molecule has 0 aromatic carbocycles. The van der Waals surface area contributed by atoms with Crippen LogP contribution < -0.4 is 0 Å². The second-order valence-corrected chi connectivity index (χ2v) is 2.96. The van der Waals surface area contributed by atoms with Crippen molar-refractivity contribution in [2.45, 2.75) is 38.5 Å². The zero-order chi connectivity index (χ0) is 10.5. The third kappa shape index (κ3) is 10.6. The SMILES string of the molecule is N#CCCCCN=NCCCCC#N. The van der Waals surface area contributed by atoms with Crippen molar-refractivity contribution < 1.29 is 0 Å². The average Bonchev–Trinajstić information content (AvgIpc) is 2.21. The smallest absolute Gasteiger partial charge is 0.0621 e. The Hall–Kier alpha value is -1.42. The maximum absolute atomic E-state index is 8.26. The van der Waals surface area contributed by atoms with Gasteiger partial charge in [-0.05, 0) is 25.7 Å². The van der Waals surface area contributed by atoms with Crippen LogP contribution in [0, 0.1) is 22.7 Å². The molecule has 0 bridgehead atoms. The van der Waals surface area contributed by atoms with Crippen LogP contribution in [-0.2, 0) is 0 Å². The lowest BCUT2D eigenvalue weighted by Gasteiger charge is -1.91. The molecule has 76 valence electrons. The number of rotatable bonds is 8. The molecule has 0 saturated heterocycles. The summed E-state index contributed by atoms with van der Waals surface area (Å²) in [5.41, 5.74) is 0. The Morgan fingerprint density at radius 1 is 0.714 bits per heavy atom. The van der Waals surface area contributed by atoms with Gasteiger partial charge in [-0.3, -0.25) is 0 Å². The van der Waals surface area contributed by atoms with Crippen molar-refractivity contribution in [3.05, 3.63) is 0 Å². The first-order valence-corrected chi connectivity index (χ1v) is 4.99. The molecule has 0 rings (SSSR count). The van der Waals surface area contributed by atoms with Gasteiger partial charge < -0.3 is 0 Å². The van der Waals surface area contributed by atoms with E-state index in [1.165, 1.54) is 0 Å². The minimum atomic E-state index is 0.609. The molecular formula is C10H16N4. The lowest BCUT2D eigenvalue weighted by atomic mass is 10.2. The van der Waals surface area contributed by atoms with Crippen LogP contribution >= 0.6 is 0 Å². The first-order chi connectivity index (χ1) is 6.91. The van der Waals surface area contributed by atoms with Gasteiger partial charge in [0.2, 0.25) is 0 Å². The van der Waals surface area contributed by atoms with E-state index >= 15 is 0 Å². The second-order valence-electron chi connectivity index (χ2n) is 2.96. The molecule has 0 unspecified atom stereocenters. The fourth-order valence-electron chi connectivity index (χ4n) is 0.915. The van der Waals surface area contributed by atoms with Gasteiger partial charge in [0.15, 0.2) is 0 Å². The van der Waals surface area contributed by atoms with Gasteiger partial charge >= 0.3 is 0 Å². The Kier molecular flexibility index (Phi) is 10.4. The fraction of sp³-hybridized carbons (Fsp3) is 0.800. The summed E-state index contributed by atoms with van der Waals surface area (Å²) in [5, 5.41) is 24.5. The van der Waals surface area contributed by atoms with E-state index in [4.69, 9.17) is 10.5 Å². The van der Waals surface area contributed by atoms with Crippen molar-refractivity contribution >= 4 is 0 Å². The Morgan fingerprint density at radius 2 is 1.14 bits per heavy atom. The number of nitrogens with zero attached hydrogens (tertiary/aromatic N) is 4. The topological polar surface area (TPSA) is 72.3 Å². The van der Waals surface area contributed by atoms with Crippen molar-refractivity contribution in [1.82, 2.24) is 0 Å². The maximum atomic E-state index is 8.26. The molecule has 0 aromatic heterocycles. The largest absolute Gasteiger partial charge is 0.198 e. The summed E-state index contributed by atoms with van der Waals surface area (Å²) < 4.78 is 0. The molecular weight excluding hydrogens is 176 g/mol. The molecule has 0 N–H and O–H groups in total. The van der Waals surface area contributed by atoms with E-state index in [1.807, 2.05) is 0 Å². The van der Waals surface area contributed by atoms with Crippen LogP contribution in [0.5, 0.6) is 0 Å². The number of nitriles is 2. The van der Waals surface area contributed by atoms with Crippen molar-refractivity contribution in [3.8, 4) is 12.1 Å². The van der Waals surface area contributed by atoms with Crippen LogP contribution in [0.2, 0.25) is 0 Å². The predicted octanol–water partition coefficient (Wildman–Crippen LogP) is 2.83. The molecule has 0 aromatic rings. The maximum Gasteiger partial charge on any atom is 0.0621 e. The number of azo groups is 1. The minimum absolute atomic E-state index is 0.609. The Balaban J connectivity index is 3.05. The Labute approximate surface area is 85.3 Å². The number of hydrogen-bond donors (Lipinski definition) is 0. The first kappa shape index (κ1) is 12.6. The van der Waals surface area contributed by atoms with Gasteiger partial charge in [0, 0.05) is 12.8 Å². The summed E-state index contributed by atoms with van der Waals surface area (Å²) in [6.07, 6.45) is 4.91. The van der Waals surface area contributed by atoms with E-state index in [9.17, 15) is 0 Å². The highest BCUT2D eigenvalue weighted by Gasteiger charge is 1.87. The third-order valence-electron chi connectivity index (χ3n) is 1.69. The van der Waals surface area contributed by atoms with E-state index in [0.29, 0.717) is 12.8 Å². The quantitative estimate of drug-likeness (QED) is 0.438. The Morgan fingerprint density at radius 3 is 1.50 bits per heavy atom. The van der Waals surface area contributed by atoms with Gasteiger partial charge in [0.1, 0.15) is 0 Å². The molecule has 0 amide bonds. The zero-order valence-corrected chi connectivity index (χ0v) is 8.45. The van der Waals surface area contributed by atoms with Gasteiger partial charge in [-0.1, -0.05) is 0 Å². The summed E-state index contributed by atoms with van der Waals surface area (Å²) in [6, 6.07) is 4.18. The second kappa shape index (κ2) is 11.6. The number of unbranched alkanes of at least 4 members (excludes halogenated alkanes) is 4. The van der Waals surface area contributed by atoms with Gasteiger partial charge in [-0.2, -0.15) is 20.8 Å². The van der Waals surface area contributed by atoms with Gasteiger partial charge in [-0.25, -0.2) is 0 Å². The molecule has 0 atom stereocenters. The monoisotopic (exact) mass is 192 g/mol. The van der Waals surface area contributed by atoms with E-state index in [1.54, 1.807) is 0 Å². The molecule has 14 heavy (non-hydrogen) atoms. The number of hydrogen-bond acceptors (Lipinski definition) is 4. The molecule has 0 aliphatic rings. The van der Waals surface area contributed by atoms with Gasteiger partial charge in [0.25, 0.3) is 0 Å². The summed E-state index contributed by atoms with van der Waals surface area (Å²) in [5.74, 6) is 0. The average molecular weight is 192 g/mol. The molecule has 4 nitrogen and oxygen atoms in total. The normalized spacial score (nSPS) is 9.86. The predicted molar refractivity (Wildman–Crippen MR) is 53.5 cm³/mol. The summed E-state index contributed by atoms with van der Waals surface area (Å²) in [6.45, 7) is 1.44. The van der Waals surface area contributed by atoms with Crippen LogP contribution in [0.25, 0.3) is 0 Å². The van der Waals surface area contributed by atoms with Crippen molar-refractivity contribution in [2.24, 2.45) is 10.2 Å². The lowest BCUT2D eigenvalue weighted by molar-refractivity contribution is 0.694. The third-order valence-corrected chi connectivity index (χ3v) is 1.69. The molecule has 0 aliphatic heterocycles. The molecule has 0 radical (unpaired) electrons. The molecule has 0 fully saturated rings. The molecule has 0 aliphatic carbocycles. The van der Waals surface area contributed by atoms with E-state index < -0.39 is 0 Å². The summed E-state index contributed by atoms with van der Waals surface area (Å²) in [7, 11) is 0. The summed E-state index contributed by atoms with van der Waals surface area (Å²) in [4.78, 5) is 0. The van der Waals surface area contributed by atoms with Crippen LogP contribution in [0.15, 0.2) is 10.2 Å². The van der Waals surface area contributed by atoms with E-state index in [2.05, 4.69) is 22.4 Å². The van der Waals surface area contributed by atoms with Gasteiger partial charge in [-0.15, -0.1) is 0 Å². The summed E-state index contributed by atoms with van der Waals surface area (Å²) >= 11 is 0. The van der Waals surface area contributed by atoms with Crippen LogP contribution in [-0.4, -0.2) is 13.1 Å². The first-order valence-electron chi connectivity index (χ1n) is 4.99.